The number of benzene rings is 3. The van der Waals surface area contributed by atoms with Gasteiger partial charge in [-0.2, -0.15) is 5.10 Å². The van der Waals surface area contributed by atoms with Gasteiger partial charge in [0.25, 0.3) is 11.8 Å². The molecule has 47 heavy (non-hydrogen) atoms. The smallest absolute Gasteiger partial charge is 0.253 e. The molecule has 240 valence electrons. The van der Waals surface area contributed by atoms with Gasteiger partial charge in [-0.1, -0.05) is 66.4 Å². The van der Waals surface area contributed by atoms with Crippen molar-refractivity contribution in [3.05, 3.63) is 124 Å². The van der Waals surface area contributed by atoms with Crippen molar-refractivity contribution in [3.8, 4) is 11.5 Å². The molecule has 0 unspecified atom stereocenters. The molecule has 1 aliphatic rings. The second-order valence-corrected chi connectivity index (χ2v) is 12.4. The minimum absolute atomic E-state index is 0.0343. The zero-order valence-corrected chi connectivity index (χ0v) is 27.3. The molecule has 1 N–H and O–H groups in total. The molecule has 3 aromatic carbocycles. The van der Waals surface area contributed by atoms with Gasteiger partial charge in [0.15, 0.2) is 22.5 Å². The normalized spacial score (nSPS) is 14.1. The highest BCUT2D eigenvalue weighted by atomic mass is 32.2. The predicted octanol–water partition coefficient (Wildman–Crippen LogP) is 5.94. The minimum atomic E-state index is -0.495. The first-order valence-corrected chi connectivity index (χ1v) is 16.6. The molecule has 0 saturated carbocycles. The van der Waals surface area contributed by atoms with Gasteiger partial charge in [-0.05, 0) is 41.3 Å². The Morgan fingerprint density at radius 2 is 1.83 bits per heavy atom. The number of rotatable bonds is 12. The molecule has 2 amide bonds. The molecule has 0 radical (unpaired) electrons. The van der Waals surface area contributed by atoms with Crippen LogP contribution in [0.15, 0.2) is 101 Å². The van der Waals surface area contributed by atoms with Crippen LogP contribution in [0.2, 0.25) is 0 Å². The van der Waals surface area contributed by atoms with Crippen molar-refractivity contribution in [3.63, 3.8) is 0 Å². The Labute approximate surface area is 279 Å². The van der Waals surface area contributed by atoms with Crippen molar-refractivity contribution in [2.24, 2.45) is 5.10 Å². The van der Waals surface area contributed by atoms with Gasteiger partial charge in [0.2, 0.25) is 0 Å². The molecule has 10 nitrogen and oxygen atoms in total. The van der Waals surface area contributed by atoms with Gasteiger partial charge in [-0.3, -0.25) is 9.59 Å². The lowest BCUT2D eigenvalue weighted by Gasteiger charge is -2.24. The first-order valence-electron chi connectivity index (χ1n) is 14.7. The molecule has 1 atom stereocenters. The van der Waals surface area contributed by atoms with Crippen LogP contribution in [0.3, 0.4) is 0 Å². The maximum atomic E-state index is 13.9. The number of nitrogens with one attached hydrogen (secondary N) is 1. The van der Waals surface area contributed by atoms with E-state index in [2.05, 4.69) is 15.5 Å². The number of nitrogens with zero attached hydrogens (tertiary/aromatic N) is 5. The van der Waals surface area contributed by atoms with E-state index in [4.69, 9.17) is 14.6 Å². The van der Waals surface area contributed by atoms with E-state index in [9.17, 15) is 14.0 Å². The highest BCUT2D eigenvalue weighted by Gasteiger charge is 2.36. The Morgan fingerprint density at radius 1 is 1.00 bits per heavy atom. The van der Waals surface area contributed by atoms with Crippen LogP contribution in [-0.4, -0.2) is 57.3 Å². The Kier molecular flexibility index (Phi) is 9.93. The summed E-state index contributed by atoms with van der Waals surface area (Å²) in [6, 6.07) is 24.4. The SMILES string of the molecule is COc1cccc([C@H]2CC(c3cccs3)=NN2C(=O)CSc2nnc(CNC(=O)c3cccc(F)c3)n2Cc2ccccc2)c1OC. The van der Waals surface area contributed by atoms with E-state index < -0.39 is 17.8 Å². The number of amides is 2. The van der Waals surface area contributed by atoms with Crippen molar-refractivity contribution in [2.45, 2.75) is 30.7 Å². The third kappa shape index (κ3) is 7.21. The van der Waals surface area contributed by atoms with E-state index in [-0.39, 0.29) is 23.8 Å². The molecule has 0 saturated heterocycles. The van der Waals surface area contributed by atoms with Gasteiger partial charge in [0.1, 0.15) is 5.82 Å². The second kappa shape index (κ2) is 14.6. The van der Waals surface area contributed by atoms with Crippen LogP contribution >= 0.6 is 23.1 Å². The number of para-hydroxylation sites is 1. The minimum Gasteiger partial charge on any atom is -0.493 e. The predicted molar refractivity (Wildman–Crippen MR) is 178 cm³/mol. The standard InChI is InChI=1S/C34H31FN6O4S2/c1-44-28-14-7-13-25(32(28)45-2)27-18-26(29-15-8-16-46-29)39-41(27)31(42)21-47-34-38-37-30(40(34)20-22-9-4-3-5-10-22)19-36-33(43)23-11-6-12-24(35)17-23/h3-17,27H,18-21H2,1-2H3,(H,36,43)/t27-/m1/s1. The summed E-state index contributed by atoms with van der Waals surface area (Å²) in [5, 5.41) is 20.3. The van der Waals surface area contributed by atoms with Crippen LogP contribution in [0, 0.1) is 5.82 Å². The number of thioether (sulfide) groups is 1. The average Bonchev–Trinajstić information content (AvgIpc) is 3.87. The van der Waals surface area contributed by atoms with Crippen molar-refractivity contribution in [1.29, 1.82) is 0 Å². The summed E-state index contributed by atoms with van der Waals surface area (Å²) in [6.07, 6.45) is 0.514. The molecule has 0 spiro atoms. The number of hydrogen-bond acceptors (Lipinski definition) is 9. The highest BCUT2D eigenvalue weighted by molar-refractivity contribution is 7.99. The number of halogens is 1. The Morgan fingerprint density at radius 3 is 2.57 bits per heavy atom. The largest absolute Gasteiger partial charge is 0.493 e. The van der Waals surface area contributed by atoms with Gasteiger partial charge in [0.05, 0.1) is 49.7 Å². The summed E-state index contributed by atoms with van der Waals surface area (Å²) in [5.41, 5.74) is 2.81. The lowest BCUT2D eigenvalue weighted by atomic mass is 9.99. The van der Waals surface area contributed by atoms with Crippen LogP contribution in [0.25, 0.3) is 0 Å². The average molecular weight is 671 g/mol. The molecular formula is C34H31FN6O4S2. The van der Waals surface area contributed by atoms with E-state index >= 15 is 0 Å². The van der Waals surface area contributed by atoms with Gasteiger partial charge in [0, 0.05) is 17.5 Å². The van der Waals surface area contributed by atoms with E-state index in [1.807, 2.05) is 70.6 Å². The molecule has 5 aromatic rings. The Bertz CT molecular complexity index is 1900. The first kappa shape index (κ1) is 32.0. The first-order chi connectivity index (χ1) is 22.9. The highest BCUT2D eigenvalue weighted by Crippen LogP contribution is 2.42. The van der Waals surface area contributed by atoms with Crippen LogP contribution in [0.5, 0.6) is 11.5 Å². The fourth-order valence-corrected chi connectivity index (χ4v) is 6.84. The van der Waals surface area contributed by atoms with Crippen LogP contribution in [0.4, 0.5) is 4.39 Å². The summed E-state index contributed by atoms with van der Waals surface area (Å²) in [7, 11) is 3.16. The summed E-state index contributed by atoms with van der Waals surface area (Å²) in [4.78, 5) is 27.7. The summed E-state index contributed by atoms with van der Waals surface area (Å²) in [5.74, 6) is 0.509. The number of ether oxygens (including phenoxy) is 2. The topological polar surface area (TPSA) is 111 Å². The lowest BCUT2D eigenvalue weighted by molar-refractivity contribution is -0.130. The van der Waals surface area contributed by atoms with Gasteiger partial charge >= 0.3 is 0 Å². The zero-order valence-electron chi connectivity index (χ0n) is 25.6. The quantitative estimate of drug-likeness (QED) is 0.164. The fraction of sp³-hybridized carbons (Fsp3) is 0.206. The molecule has 0 bridgehead atoms. The molecule has 1 aliphatic heterocycles. The molecule has 13 heteroatoms. The molecule has 6 rings (SSSR count). The molecule has 3 heterocycles. The molecule has 0 aliphatic carbocycles. The van der Waals surface area contributed by atoms with Crippen LogP contribution in [0.1, 0.15) is 44.6 Å². The summed E-state index contributed by atoms with van der Waals surface area (Å²) < 4.78 is 26.8. The van der Waals surface area contributed by atoms with Crippen LogP contribution in [-0.2, 0) is 17.9 Å². The van der Waals surface area contributed by atoms with Crippen molar-refractivity contribution >= 4 is 40.6 Å². The fourth-order valence-electron chi connectivity index (χ4n) is 5.31. The zero-order chi connectivity index (χ0) is 32.8. The molecule has 2 aromatic heterocycles. The van der Waals surface area contributed by atoms with E-state index in [1.165, 1.54) is 35.0 Å². The van der Waals surface area contributed by atoms with E-state index in [0.717, 1.165) is 21.7 Å². The Balaban J connectivity index is 1.24. The van der Waals surface area contributed by atoms with Gasteiger partial charge in [-0.15, -0.1) is 21.5 Å². The van der Waals surface area contributed by atoms with Gasteiger partial charge in [-0.25, -0.2) is 9.40 Å². The number of methoxy groups -OCH3 is 2. The summed E-state index contributed by atoms with van der Waals surface area (Å²) >= 11 is 2.81. The Hall–Kier alpha value is -5.01. The molecular weight excluding hydrogens is 640 g/mol. The lowest BCUT2D eigenvalue weighted by Crippen LogP contribution is -2.29. The number of hydrogen-bond donors (Lipinski definition) is 1. The third-order valence-electron chi connectivity index (χ3n) is 7.56. The number of hydrazone groups is 1. The van der Waals surface area contributed by atoms with Crippen molar-refractivity contribution in [2.75, 3.05) is 20.0 Å². The van der Waals surface area contributed by atoms with Gasteiger partial charge < -0.3 is 19.4 Å². The second-order valence-electron chi connectivity index (χ2n) is 10.5. The summed E-state index contributed by atoms with van der Waals surface area (Å²) in [6.45, 7) is 0.478. The number of carbonyl (C=O) groups is 2. The number of carbonyl (C=O) groups excluding carboxylic acids is 2. The van der Waals surface area contributed by atoms with E-state index in [0.29, 0.717) is 35.4 Å². The maximum absolute atomic E-state index is 13.9. The van der Waals surface area contributed by atoms with Crippen molar-refractivity contribution in [1.82, 2.24) is 25.1 Å². The van der Waals surface area contributed by atoms with Crippen molar-refractivity contribution < 1.29 is 23.5 Å². The number of thiophene rings is 1. The van der Waals surface area contributed by atoms with Crippen LogP contribution < -0.4 is 14.8 Å². The third-order valence-corrected chi connectivity index (χ3v) is 9.43. The monoisotopic (exact) mass is 670 g/mol. The van der Waals surface area contributed by atoms with E-state index in [1.54, 1.807) is 31.6 Å². The maximum Gasteiger partial charge on any atom is 0.253 e. The molecule has 0 fully saturated rings. The number of aromatic nitrogens is 3.